The normalized spacial score (nSPS) is 32.1. The van der Waals surface area contributed by atoms with Crippen LogP contribution >= 0.6 is 0 Å². The molecule has 0 spiro atoms. The Morgan fingerprint density at radius 2 is 2.12 bits per heavy atom. The van der Waals surface area contributed by atoms with Crippen LogP contribution in [0.5, 0.6) is 0 Å². The van der Waals surface area contributed by atoms with Crippen LogP contribution in [-0.4, -0.2) is 16.7 Å². The summed E-state index contributed by atoms with van der Waals surface area (Å²) in [6.45, 7) is 5.59. The molecular weight excluding hydrogens is 214 g/mol. The molecule has 2 heterocycles. The lowest BCUT2D eigenvalue weighted by Crippen LogP contribution is -2.20. The molecule has 0 amide bonds. The van der Waals surface area contributed by atoms with Crippen LogP contribution in [-0.2, 0) is 0 Å². The van der Waals surface area contributed by atoms with Gasteiger partial charge in [-0.15, -0.1) is 0 Å². The fourth-order valence-corrected chi connectivity index (χ4v) is 2.68. The van der Waals surface area contributed by atoms with E-state index in [0.717, 1.165) is 24.7 Å². The topological polar surface area (TPSA) is 51.0 Å². The molecule has 0 aromatic carbocycles. The minimum atomic E-state index is 0.278. The highest BCUT2D eigenvalue weighted by molar-refractivity contribution is 5.14. The third-order valence-corrected chi connectivity index (χ3v) is 4.14. The second-order valence-corrected chi connectivity index (χ2v) is 6.09. The average Bonchev–Trinajstić information content (AvgIpc) is 2.81. The Kier molecular flexibility index (Phi) is 2.69. The molecule has 3 rings (SSSR count). The molecule has 0 bridgehead atoms. The van der Waals surface area contributed by atoms with E-state index in [4.69, 9.17) is 4.52 Å². The van der Waals surface area contributed by atoms with E-state index in [1.165, 1.54) is 25.7 Å². The molecule has 2 unspecified atom stereocenters. The zero-order chi connectivity index (χ0) is 11.9. The lowest BCUT2D eigenvalue weighted by Gasteiger charge is -2.09. The maximum Gasteiger partial charge on any atom is 0.243 e. The van der Waals surface area contributed by atoms with E-state index in [9.17, 15) is 0 Å². The van der Waals surface area contributed by atoms with Gasteiger partial charge in [0.25, 0.3) is 0 Å². The molecule has 4 nitrogen and oxygen atoms in total. The van der Waals surface area contributed by atoms with Crippen LogP contribution in [0.2, 0.25) is 0 Å². The van der Waals surface area contributed by atoms with Crippen molar-refractivity contribution in [2.24, 2.45) is 5.41 Å². The molecule has 1 N–H and O–H groups in total. The van der Waals surface area contributed by atoms with Crippen LogP contribution < -0.4 is 5.32 Å². The van der Waals surface area contributed by atoms with E-state index < -0.39 is 0 Å². The first kappa shape index (κ1) is 11.2. The van der Waals surface area contributed by atoms with Crippen LogP contribution in [0.25, 0.3) is 0 Å². The van der Waals surface area contributed by atoms with E-state index in [0.29, 0.717) is 11.3 Å². The molecule has 2 fully saturated rings. The predicted octanol–water partition coefficient (Wildman–Crippen LogP) is 2.79. The minimum absolute atomic E-state index is 0.278. The Bertz CT molecular complexity index is 391. The zero-order valence-corrected chi connectivity index (χ0v) is 10.7. The first-order chi connectivity index (χ1) is 8.17. The van der Waals surface area contributed by atoms with Crippen molar-refractivity contribution >= 4 is 0 Å². The van der Waals surface area contributed by atoms with Crippen molar-refractivity contribution in [1.29, 1.82) is 0 Å². The molecule has 2 aliphatic rings. The number of nitrogens with one attached hydrogen (secondary N) is 1. The summed E-state index contributed by atoms with van der Waals surface area (Å²) in [7, 11) is 0. The summed E-state index contributed by atoms with van der Waals surface area (Å²) in [6, 6.07) is 0.278. The standard InChI is InChI=1S/C13H21N3O/c1-13(2)8-9(13)11-15-12(17-16-11)10-6-4-3-5-7-14-10/h9-10,14H,3-8H2,1-2H3. The van der Waals surface area contributed by atoms with E-state index in [1.807, 2.05) is 0 Å². The Morgan fingerprint density at radius 3 is 2.88 bits per heavy atom. The molecule has 1 aromatic rings. The van der Waals surface area contributed by atoms with Gasteiger partial charge < -0.3 is 9.84 Å². The quantitative estimate of drug-likeness (QED) is 0.856. The molecule has 0 radical (unpaired) electrons. The second-order valence-electron chi connectivity index (χ2n) is 6.09. The van der Waals surface area contributed by atoms with Gasteiger partial charge in [-0.1, -0.05) is 31.8 Å². The maximum absolute atomic E-state index is 5.43. The van der Waals surface area contributed by atoms with Gasteiger partial charge in [0.15, 0.2) is 5.82 Å². The first-order valence-corrected chi connectivity index (χ1v) is 6.74. The Balaban J connectivity index is 1.71. The fraction of sp³-hybridized carbons (Fsp3) is 0.846. The van der Waals surface area contributed by atoms with Crippen molar-refractivity contribution in [3.8, 4) is 0 Å². The summed E-state index contributed by atoms with van der Waals surface area (Å²) in [6.07, 6.45) is 6.12. The summed E-state index contributed by atoms with van der Waals surface area (Å²) in [5.74, 6) is 2.21. The van der Waals surface area contributed by atoms with Gasteiger partial charge in [-0.25, -0.2) is 0 Å². The average molecular weight is 235 g/mol. The number of aromatic nitrogens is 2. The summed E-state index contributed by atoms with van der Waals surface area (Å²) in [4.78, 5) is 4.59. The van der Waals surface area contributed by atoms with Gasteiger partial charge in [0, 0.05) is 5.92 Å². The summed E-state index contributed by atoms with van der Waals surface area (Å²) >= 11 is 0. The maximum atomic E-state index is 5.43. The van der Waals surface area contributed by atoms with Gasteiger partial charge in [0.2, 0.25) is 5.89 Å². The highest BCUT2D eigenvalue weighted by Gasteiger charge is 2.49. The van der Waals surface area contributed by atoms with Crippen LogP contribution in [0.15, 0.2) is 4.52 Å². The highest BCUT2D eigenvalue weighted by atomic mass is 16.5. The summed E-state index contributed by atoms with van der Waals surface area (Å²) in [5, 5.41) is 7.65. The van der Waals surface area contributed by atoms with E-state index in [2.05, 4.69) is 29.3 Å². The van der Waals surface area contributed by atoms with Crippen molar-refractivity contribution in [2.75, 3.05) is 6.54 Å². The SMILES string of the molecule is CC1(C)CC1c1noc(C2CCCCCN2)n1. The summed E-state index contributed by atoms with van der Waals surface area (Å²) < 4.78 is 5.43. The molecule has 17 heavy (non-hydrogen) atoms. The smallest absolute Gasteiger partial charge is 0.243 e. The molecule has 94 valence electrons. The molecule has 1 saturated carbocycles. The molecular formula is C13H21N3O. The van der Waals surface area contributed by atoms with E-state index >= 15 is 0 Å². The van der Waals surface area contributed by atoms with Gasteiger partial charge >= 0.3 is 0 Å². The largest absolute Gasteiger partial charge is 0.338 e. The second kappa shape index (κ2) is 4.09. The van der Waals surface area contributed by atoms with Crippen LogP contribution in [0, 0.1) is 5.41 Å². The number of nitrogens with zero attached hydrogens (tertiary/aromatic N) is 2. The monoisotopic (exact) mass is 235 g/mol. The van der Waals surface area contributed by atoms with E-state index in [1.54, 1.807) is 0 Å². The van der Waals surface area contributed by atoms with Crippen molar-refractivity contribution in [2.45, 2.75) is 57.9 Å². The van der Waals surface area contributed by atoms with Gasteiger partial charge in [-0.05, 0) is 31.2 Å². The van der Waals surface area contributed by atoms with Crippen LogP contribution in [0.1, 0.15) is 69.6 Å². The predicted molar refractivity (Wildman–Crippen MR) is 64.6 cm³/mol. The van der Waals surface area contributed by atoms with Gasteiger partial charge in [-0.2, -0.15) is 4.98 Å². The van der Waals surface area contributed by atoms with Crippen molar-refractivity contribution in [1.82, 2.24) is 15.5 Å². The Hall–Kier alpha value is -0.900. The van der Waals surface area contributed by atoms with Gasteiger partial charge in [-0.3, -0.25) is 0 Å². The Labute approximate surface area is 102 Å². The van der Waals surface area contributed by atoms with Gasteiger partial charge in [0.05, 0.1) is 6.04 Å². The van der Waals surface area contributed by atoms with Gasteiger partial charge in [0.1, 0.15) is 0 Å². The third-order valence-electron chi connectivity index (χ3n) is 4.14. The van der Waals surface area contributed by atoms with Crippen molar-refractivity contribution in [3.05, 3.63) is 11.7 Å². The Morgan fingerprint density at radius 1 is 1.29 bits per heavy atom. The molecule has 4 heteroatoms. The molecule has 2 atom stereocenters. The third kappa shape index (κ3) is 2.23. The lowest BCUT2D eigenvalue weighted by atomic mass is 10.1. The first-order valence-electron chi connectivity index (χ1n) is 6.74. The zero-order valence-electron chi connectivity index (χ0n) is 10.7. The molecule has 1 saturated heterocycles. The molecule has 1 aliphatic heterocycles. The summed E-state index contributed by atoms with van der Waals surface area (Å²) in [5.41, 5.74) is 0.373. The lowest BCUT2D eigenvalue weighted by molar-refractivity contribution is 0.324. The number of rotatable bonds is 2. The minimum Gasteiger partial charge on any atom is -0.338 e. The van der Waals surface area contributed by atoms with Crippen molar-refractivity contribution in [3.63, 3.8) is 0 Å². The fourth-order valence-electron chi connectivity index (χ4n) is 2.68. The number of hydrogen-bond donors (Lipinski definition) is 1. The molecule has 1 aliphatic carbocycles. The van der Waals surface area contributed by atoms with Crippen molar-refractivity contribution < 1.29 is 4.52 Å². The molecule has 1 aromatic heterocycles. The van der Waals surface area contributed by atoms with E-state index in [-0.39, 0.29) is 6.04 Å². The van der Waals surface area contributed by atoms with Crippen LogP contribution in [0.4, 0.5) is 0 Å². The van der Waals surface area contributed by atoms with Crippen LogP contribution in [0.3, 0.4) is 0 Å². The highest BCUT2D eigenvalue weighted by Crippen LogP contribution is 2.57. The number of hydrogen-bond acceptors (Lipinski definition) is 4.